The molecule has 2 aromatic rings. The van der Waals surface area contributed by atoms with Crippen LogP contribution in [0.1, 0.15) is 25.0 Å². The zero-order valence-electron chi connectivity index (χ0n) is 13.1. The van der Waals surface area contributed by atoms with Crippen LogP contribution in [0.3, 0.4) is 0 Å². The molecule has 1 atom stereocenters. The normalized spacial score (nSPS) is 13.4. The highest BCUT2D eigenvalue weighted by Gasteiger charge is 2.30. The highest BCUT2D eigenvalue weighted by Crippen LogP contribution is 2.20. The molecular weight excluding hydrogens is 274 g/mol. The average molecular weight is 297 g/mol. The molecule has 0 spiro atoms. The largest absolute Gasteiger partial charge is 0.324 e. The lowest BCUT2D eigenvalue weighted by Gasteiger charge is -2.24. The van der Waals surface area contributed by atoms with Crippen LogP contribution in [0.4, 0.5) is 5.69 Å². The van der Waals surface area contributed by atoms with Gasteiger partial charge in [0.2, 0.25) is 5.91 Å². The molecule has 4 N–H and O–H groups in total. The molecule has 0 bridgehead atoms. The van der Waals surface area contributed by atoms with Gasteiger partial charge in [0.1, 0.15) is 5.54 Å². The van der Waals surface area contributed by atoms with E-state index >= 15 is 0 Å². The number of hydrogen-bond donors (Lipinski definition) is 3. The summed E-state index contributed by atoms with van der Waals surface area (Å²) >= 11 is 0. The number of rotatable bonds is 6. The molecule has 0 fully saturated rings. The average Bonchev–Trinajstić information content (AvgIpc) is 2.54. The van der Waals surface area contributed by atoms with E-state index in [2.05, 4.69) is 17.6 Å². The zero-order valence-corrected chi connectivity index (χ0v) is 13.1. The molecule has 4 heteroatoms. The number of benzene rings is 2. The van der Waals surface area contributed by atoms with Gasteiger partial charge in [-0.05, 0) is 36.7 Å². The Hall–Kier alpha value is -2.17. The molecule has 0 aliphatic heterocycles. The van der Waals surface area contributed by atoms with E-state index in [-0.39, 0.29) is 5.91 Å². The maximum Gasteiger partial charge on any atom is 0.248 e. The van der Waals surface area contributed by atoms with Gasteiger partial charge in [0.05, 0.1) is 0 Å². The highest BCUT2D eigenvalue weighted by atomic mass is 16.2. The van der Waals surface area contributed by atoms with Gasteiger partial charge in [-0.2, -0.15) is 0 Å². The van der Waals surface area contributed by atoms with Gasteiger partial charge < -0.3 is 16.4 Å². The maximum absolute atomic E-state index is 12.5. The van der Waals surface area contributed by atoms with Crippen molar-refractivity contribution < 1.29 is 4.79 Å². The number of hydrogen-bond acceptors (Lipinski definition) is 3. The van der Waals surface area contributed by atoms with Gasteiger partial charge in [0, 0.05) is 12.2 Å². The van der Waals surface area contributed by atoms with Crippen molar-refractivity contribution in [3.63, 3.8) is 0 Å². The number of carbonyl (C=O) groups excluding carboxylic acids is 1. The van der Waals surface area contributed by atoms with E-state index in [0.717, 1.165) is 29.9 Å². The fourth-order valence-electron chi connectivity index (χ4n) is 2.20. The van der Waals surface area contributed by atoms with Crippen molar-refractivity contribution in [2.75, 3.05) is 11.9 Å². The Kier molecular flexibility index (Phi) is 5.31. The minimum Gasteiger partial charge on any atom is -0.324 e. The third kappa shape index (κ3) is 3.93. The molecular formula is C18H23N3O. The van der Waals surface area contributed by atoms with Crippen molar-refractivity contribution >= 4 is 11.6 Å². The van der Waals surface area contributed by atoms with Crippen molar-refractivity contribution in [2.24, 2.45) is 5.73 Å². The molecule has 0 aliphatic rings. The predicted octanol–water partition coefficient (Wildman–Crippen LogP) is 2.61. The lowest BCUT2D eigenvalue weighted by atomic mass is 9.92. The molecule has 0 aromatic heterocycles. The summed E-state index contributed by atoms with van der Waals surface area (Å²) in [7, 11) is 0. The Morgan fingerprint density at radius 1 is 1.14 bits per heavy atom. The second-order valence-electron chi connectivity index (χ2n) is 5.50. The Morgan fingerprint density at radius 3 is 2.55 bits per heavy atom. The van der Waals surface area contributed by atoms with E-state index in [1.165, 1.54) is 0 Å². The first-order valence-electron chi connectivity index (χ1n) is 7.49. The van der Waals surface area contributed by atoms with Crippen molar-refractivity contribution in [3.8, 4) is 0 Å². The van der Waals surface area contributed by atoms with E-state index in [4.69, 9.17) is 5.73 Å². The fraction of sp³-hybridized carbons (Fsp3) is 0.278. The summed E-state index contributed by atoms with van der Waals surface area (Å²) in [4.78, 5) is 12.5. The van der Waals surface area contributed by atoms with Gasteiger partial charge >= 0.3 is 0 Å². The van der Waals surface area contributed by atoms with Crippen LogP contribution in [0.25, 0.3) is 0 Å². The second kappa shape index (κ2) is 7.20. The summed E-state index contributed by atoms with van der Waals surface area (Å²) in [6.07, 6.45) is 0. The standard InChI is InChI=1S/C18H23N3O/c1-3-20-13-14-8-7-11-16(12-14)21-17(22)18(2,19)15-9-5-4-6-10-15/h4-12,20H,3,13,19H2,1-2H3,(H,21,22). The number of nitrogens with one attached hydrogen (secondary N) is 2. The van der Waals surface area contributed by atoms with Gasteiger partial charge in [0.25, 0.3) is 0 Å². The first-order valence-corrected chi connectivity index (χ1v) is 7.49. The van der Waals surface area contributed by atoms with E-state index in [1.807, 2.05) is 54.6 Å². The van der Waals surface area contributed by atoms with Crippen LogP contribution in [-0.2, 0) is 16.9 Å². The first-order chi connectivity index (χ1) is 10.5. The molecule has 2 aromatic carbocycles. The van der Waals surface area contributed by atoms with Gasteiger partial charge in [-0.25, -0.2) is 0 Å². The van der Waals surface area contributed by atoms with Crippen molar-refractivity contribution in [1.29, 1.82) is 0 Å². The van der Waals surface area contributed by atoms with E-state index in [9.17, 15) is 4.79 Å². The van der Waals surface area contributed by atoms with Crippen LogP contribution >= 0.6 is 0 Å². The SMILES string of the molecule is CCNCc1cccc(NC(=O)C(C)(N)c2ccccc2)c1. The molecule has 22 heavy (non-hydrogen) atoms. The number of anilines is 1. The second-order valence-corrected chi connectivity index (χ2v) is 5.50. The highest BCUT2D eigenvalue weighted by molar-refractivity contribution is 5.98. The summed E-state index contributed by atoms with van der Waals surface area (Å²) in [5.41, 5.74) is 7.82. The van der Waals surface area contributed by atoms with E-state index in [0.29, 0.717) is 0 Å². The zero-order chi connectivity index (χ0) is 16.0. The lowest BCUT2D eigenvalue weighted by Crippen LogP contribution is -2.45. The van der Waals surface area contributed by atoms with Crippen molar-refractivity contribution in [2.45, 2.75) is 25.9 Å². The van der Waals surface area contributed by atoms with Gasteiger partial charge in [-0.1, -0.05) is 49.4 Å². The van der Waals surface area contributed by atoms with Crippen molar-refractivity contribution in [1.82, 2.24) is 5.32 Å². The van der Waals surface area contributed by atoms with Gasteiger partial charge in [-0.15, -0.1) is 0 Å². The molecule has 0 heterocycles. The lowest BCUT2D eigenvalue weighted by molar-refractivity contribution is -0.120. The molecule has 0 radical (unpaired) electrons. The summed E-state index contributed by atoms with van der Waals surface area (Å²) in [5, 5.41) is 6.17. The minimum atomic E-state index is -1.07. The molecule has 0 aliphatic carbocycles. The van der Waals surface area contributed by atoms with E-state index < -0.39 is 5.54 Å². The summed E-state index contributed by atoms with van der Waals surface area (Å²) in [6, 6.07) is 17.2. The van der Waals surface area contributed by atoms with Gasteiger partial charge in [-0.3, -0.25) is 4.79 Å². The van der Waals surface area contributed by atoms with Gasteiger partial charge in [0.15, 0.2) is 0 Å². The molecule has 0 saturated heterocycles. The van der Waals surface area contributed by atoms with Crippen LogP contribution in [0.5, 0.6) is 0 Å². The number of carbonyl (C=O) groups is 1. The molecule has 4 nitrogen and oxygen atoms in total. The van der Waals surface area contributed by atoms with Crippen LogP contribution in [0.15, 0.2) is 54.6 Å². The topological polar surface area (TPSA) is 67.1 Å². The fourth-order valence-corrected chi connectivity index (χ4v) is 2.20. The molecule has 1 amide bonds. The Balaban J connectivity index is 2.11. The van der Waals surface area contributed by atoms with Crippen molar-refractivity contribution in [3.05, 3.63) is 65.7 Å². The maximum atomic E-state index is 12.5. The predicted molar refractivity (Wildman–Crippen MR) is 90.4 cm³/mol. The van der Waals surface area contributed by atoms with Crippen LogP contribution < -0.4 is 16.4 Å². The summed E-state index contributed by atoms with van der Waals surface area (Å²) in [5.74, 6) is -0.223. The number of amides is 1. The minimum absolute atomic E-state index is 0.223. The summed E-state index contributed by atoms with van der Waals surface area (Å²) in [6.45, 7) is 5.47. The molecule has 116 valence electrons. The molecule has 2 rings (SSSR count). The third-order valence-electron chi connectivity index (χ3n) is 3.61. The Bertz CT molecular complexity index is 623. The summed E-state index contributed by atoms with van der Waals surface area (Å²) < 4.78 is 0. The van der Waals surface area contributed by atoms with E-state index in [1.54, 1.807) is 6.92 Å². The monoisotopic (exact) mass is 297 g/mol. The Morgan fingerprint density at radius 2 is 1.86 bits per heavy atom. The first kappa shape index (κ1) is 16.2. The molecule has 0 saturated carbocycles. The number of nitrogens with two attached hydrogens (primary N) is 1. The van der Waals surface area contributed by atoms with Crippen LogP contribution in [-0.4, -0.2) is 12.5 Å². The molecule has 1 unspecified atom stereocenters. The quantitative estimate of drug-likeness (QED) is 0.768. The third-order valence-corrected chi connectivity index (χ3v) is 3.61. The van der Waals surface area contributed by atoms with Crippen LogP contribution in [0, 0.1) is 0 Å². The van der Waals surface area contributed by atoms with Crippen LogP contribution in [0.2, 0.25) is 0 Å². The Labute approximate surface area is 131 Å². The smallest absolute Gasteiger partial charge is 0.248 e.